The number of fused-ring (bicyclic) bond motifs is 1. The molecule has 0 aromatic heterocycles. The number of hydrogen-bond acceptors (Lipinski definition) is 1. The van der Waals surface area contributed by atoms with Gasteiger partial charge in [0.1, 0.15) is 0 Å². The van der Waals surface area contributed by atoms with Gasteiger partial charge in [-0.2, -0.15) is 0 Å². The largest absolute Gasteiger partial charge is 0.316 e. The van der Waals surface area contributed by atoms with Gasteiger partial charge in [-0.3, -0.25) is 0 Å². The summed E-state index contributed by atoms with van der Waals surface area (Å²) in [4.78, 5) is 0. The zero-order valence-corrected chi connectivity index (χ0v) is 10.6. The van der Waals surface area contributed by atoms with E-state index in [1.165, 1.54) is 51.6 Å². The Bertz CT molecular complexity index is 359. The Labute approximate surface area is 105 Å². The highest BCUT2D eigenvalue weighted by molar-refractivity contribution is 5.28. The first-order valence-corrected chi connectivity index (χ1v) is 7.18. The van der Waals surface area contributed by atoms with Crippen molar-refractivity contribution in [2.45, 2.75) is 43.9 Å². The van der Waals surface area contributed by atoms with Crippen LogP contribution in [-0.2, 0) is 5.41 Å². The lowest BCUT2D eigenvalue weighted by Gasteiger charge is -2.44. The van der Waals surface area contributed by atoms with Crippen molar-refractivity contribution >= 4 is 0 Å². The Morgan fingerprint density at radius 1 is 1.00 bits per heavy atom. The van der Waals surface area contributed by atoms with Gasteiger partial charge in [-0.15, -0.1) is 0 Å². The highest BCUT2D eigenvalue weighted by atomic mass is 14.9. The summed E-state index contributed by atoms with van der Waals surface area (Å²) < 4.78 is 0. The van der Waals surface area contributed by atoms with Gasteiger partial charge in [-0.25, -0.2) is 0 Å². The van der Waals surface area contributed by atoms with E-state index in [0.717, 1.165) is 5.92 Å². The maximum atomic E-state index is 3.64. The Kier molecular flexibility index (Phi) is 3.19. The molecule has 2 atom stereocenters. The van der Waals surface area contributed by atoms with E-state index in [9.17, 15) is 0 Å². The quantitative estimate of drug-likeness (QED) is 0.777. The molecule has 1 heteroatoms. The summed E-state index contributed by atoms with van der Waals surface area (Å²) in [6, 6.07) is 11.3. The van der Waals surface area contributed by atoms with Gasteiger partial charge in [0, 0.05) is 0 Å². The van der Waals surface area contributed by atoms with Crippen LogP contribution in [-0.4, -0.2) is 13.1 Å². The molecule has 17 heavy (non-hydrogen) atoms. The van der Waals surface area contributed by atoms with Crippen LogP contribution >= 0.6 is 0 Å². The van der Waals surface area contributed by atoms with Crippen LogP contribution in [0.3, 0.4) is 0 Å². The Hall–Kier alpha value is -0.820. The minimum atomic E-state index is 0.489. The van der Waals surface area contributed by atoms with E-state index in [0.29, 0.717) is 5.41 Å². The van der Waals surface area contributed by atoms with E-state index in [4.69, 9.17) is 0 Å². The van der Waals surface area contributed by atoms with Crippen LogP contribution in [0.1, 0.15) is 44.1 Å². The zero-order chi connectivity index (χ0) is 11.6. The molecular formula is C16H23N. The maximum absolute atomic E-state index is 3.64. The molecule has 2 unspecified atom stereocenters. The molecule has 2 fully saturated rings. The lowest BCUT2D eigenvalue weighted by atomic mass is 9.61. The van der Waals surface area contributed by atoms with Crippen molar-refractivity contribution in [3.8, 4) is 0 Å². The number of hydrogen-bond donors (Lipinski definition) is 1. The predicted molar refractivity (Wildman–Crippen MR) is 72.2 cm³/mol. The molecule has 1 heterocycles. The average molecular weight is 229 g/mol. The lowest BCUT2D eigenvalue weighted by molar-refractivity contribution is 0.181. The summed E-state index contributed by atoms with van der Waals surface area (Å²) in [6.07, 6.45) is 8.40. The molecule has 1 saturated carbocycles. The second-order valence-electron chi connectivity index (χ2n) is 5.77. The van der Waals surface area contributed by atoms with E-state index in [-0.39, 0.29) is 0 Å². The van der Waals surface area contributed by atoms with Gasteiger partial charge in [0.25, 0.3) is 0 Å². The van der Waals surface area contributed by atoms with E-state index < -0.39 is 0 Å². The normalized spacial score (nSPS) is 33.8. The van der Waals surface area contributed by atoms with Crippen molar-refractivity contribution in [3.05, 3.63) is 35.9 Å². The van der Waals surface area contributed by atoms with E-state index >= 15 is 0 Å². The van der Waals surface area contributed by atoms with Crippen LogP contribution in [0.15, 0.2) is 30.3 Å². The van der Waals surface area contributed by atoms with Gasteiger partial charge in [-0.1, -0.05) is 43.2 Å². The Morgan fingerprint density at radius 3 is 2.71 bits per heavy atom. The van der Waals surface area contributed by atoms with Crippen molar-refractivity contribution in [3.63, 3.8) is 0 Å². The first-order chi connectivity index (χ1) is 8.42. The van der Waals surface area contributed by atoms with Gasteiger partial charge in [-0.05, 0) is 55.7 Å². The maximum Gasteiger partial charge on any atom is -0.000620 e. The molecule has 0 bridgehead atoms. The molecule has 0 amide bonds. The molecule has 0 radical (unpaired) electrons. The van der Waals surface area contributed by atoms with E-state index in [2.05, 4.69) is 35.6 Å². The third-order valence-corrected chi connectivity index (χ3v) is 4.92. The molecule has 92 valence electrons. The summed E-state index contributed by atoms with van der Waals surface area (Å²) in [5, 5.41) is 3.64. The van der Waals surface area contributed by atoms with Crippen LogP contribution in [0.25, 0.3) is 0 Å². The molecule has 1 N–H and O–H groups in total. The topological polar surface area (TPSA) is 12.0 Å². The summed E-state index contributed by atoms with van der Waals surface area (Å²) in [7, 11) is 0. The predicted octanol–water partition coefficient (Wildman–Crippen LogP) is 3.50. The fourth-order valence-corrected chi connectivity index (χ4v) is 4.04. The molecule has 1 aliphatic heterocycles. The molecule has 1 saturated heterocycles. The van der Waals surface area contributed by atoms with Gasteiger partial charge in [0.05, 0.1) is 0 Å². The van der Waals surface area contributed by atoms with Crippen LogP contribution in [0, 0.1) is 5.92 Å². The fraction of sp³-hybridized carbons (Fsp3) is 0.625. The zero-order valence-electron chi connectivity index (χ0n) is 10.6. The molecule has 1 aromatic rings. The highest BCUT2D eigenvalue weighted by Gasteiger charge is 2.42. The molecule has 1 nitrogen and oxygen atoms in total. The standard InChI is InChI=1S/C16H23N/c1-2-7-14(8-3-1)16-10-5-4-9-15(16)13-17-12-6-11-16/h1-3,7-8,15,17H,4-6,9-13H2. The van der Waals surface area contributed by atoms with Crippen molar-refractivity contribution < 1.29 is 0 Å². The first-order valence-electron chi connectivity index (χ1n) is 7.18. The summed E-state index contributed by atoms with van der Waals surface area (Å²) in [5.41, 5.74) is 2.09. The molecular weight excluding hydrogens is 206 g/mol. The van der Waals surface area contributed by atoms with Crippen molar-refractivity contribution in [2.75, 3.05) is 13.1 Å². The third-order valence-electron chi connectivity index (χ3n) is 4.92. The minimum absolute atomic E-state index is 0.489. The van der Waals surface area contributed by atoms with Crippen molar-refractivity contribution in [1.82, 2.24) is 5.32 Å². The van der Waals surface area contributed by atoms with Crippen LogP contribution in [0.5, 0.6) is 0 Å². The Balaban J connectivity index is 1.99. The van der Waals surface area contributed by atoms with Gasteiger partial charge < -0.3 is 5.32 Å². The summed E-state index contributed by atoms with van der Waals surface area (Å²) >= 11 is 0. The molecule has 1 aliphatic carbocycles. The number of nitrogens with one attached hydrogen (secondary N) is 1. The third kappa shape index (κ3) is 2.01. The SMILES string of the molecule is c1ccc(C23CCCCC2CNCCC3)cc1. The minimum Gasteiger partial charge on any atom is -0.316 e. The fourth-order valence-electron chi connectivity index (χ4n) is 4.04. The molecule has 3 rings (SSSR count). The van der Waals surface area contributed by atoms with Gasteiger partial charge in [0.2, 0.25) is 0 Å². The summed E-state index contributed by atoms with van der Waals surface area (Å²) in [5.74, 6) is 0.862. The van der Waals surface area contributed by atoms with Crippen molar-refractivity contribution in [2.24, 2.45) is 5.92 Å². The van der Waals surface area contributed by atoms with E-state index in [1.807, 2.05) is 0 Å². The number of rotatable bonds is 1. The summed E-state index contributed by atoms with van der Waals surface area (Å²) in [6.45, 7) is 2.44. The van der Waals surface area contributed by atoms with E-state index in [1.54, 1.807) is 5.56 Å². The van der Waals surface area contributed by atoms with Gasteiger partial charge in [0.15, 0.2) is 0 Å². The van der Waals surface area contributed by atoms with Crippen LogP contribution in [0.2, 0.25) is 0 Å². The van der Waals surface area contributed by atoms with Gasteiger partial charge >= 0.3 is 0 Å². The van der Waals surface area contributed by atoms with Crippen molar-refractivity contribution in [1.29, 1.82) is 0 Å². The van der Waals surface area contributed by atoms with Crippen LogP contribution < -0.4 is 5.32 Å². The smallest absolute Gasteiger partial charge is 0.000620 e. The number of benzene rings is 1. The molecule has 0 spiro atoms. The Morgan fingerprint density at radius 2 is 1.82 bits per heavy atom. The molecule has 2 aliphatic rings. The first kappa shape index (κ1) is 11.3. The molecule has 1 aromatic carbocycles. The monoisotopic (exact) mass is 229 g/mol. The second-order valence-corrected chi connectivity index (χ2v) is 5.77. The van der Waals surface area contributed by atoms with Crippen LogP contribution in [0.4, 0.5) is 0 Å². The lowest BCUT2D eigenvalue weighted by Crippen LogP contribution is -2.40. The highest BCUT2D eigenvalue weighted by Crippen LogP contribution is 2.47. The second kappa shape index (κ2) is 4.81. The average Bonchev–Trinajstić information content (AvgIpc) is 2.63.